The first-order chi connectivity index (χ1) is 18.0. The largest absolute Gasteiger partial charge is 0.394 e. The second kappa shape index (κ2) is 9.91. The molecule has 38 heavy (non-hydrogen) atoms. The number of carbonyl (C=O) groups excluding carboxylic acids is 2. The Bertz CT molecular complexity index is 1520. The number of pyridine rings is 1. The molecule has 1 atom stereocenters. The lowest BCUT2D eigenvalue weighted by Gasteiger charge is -2.41. The van der Waals surface area contributed by atoms with Gasteiger partial charge in [0.05, 0.1) is 65.3 Å². The molecule has 200 valence electrons. The van der Waals surface area contributed by atoms with Gasteiger partial charge < -0.3 is 20.9 Å². The van der Waals surface area contributed by atoms with Crippen LogP contribution in [0, 0.1) is 6.92 Å². The van der Waals surface area contributed by atoms with E-state index in [2.05, 4.69) is 20.5 Å². The Morgan fingerprint density at radius 2 is 2.08 bits per heavy atom. The highest BCUT2D eigenvalue weighted by Gasteiger charge is 2.34. The van der Waals surface area contributed by atoms with Crippen molar-refractivity contribution in [3.63, 3.8) is 0 Å². The number of amides is 2. The van der Waals surface area contributed by atoms with E-state index in [1.165, 1.54) is 17.5 Å². The van der Waals surface area contributed by atoms with Gasteiger partial charge in [0.15, 0.2) is 0 Å². The fourth-order valence-electron chi connectivity index (χ4n) is 4.85. The molecule has 0 aliphatic carbocycles. The number of primary amides is 1. The van der Waals surface area contributed by atoms with E-state index in [0.717, 1.165) is 27.4 Å². The van der Waals surface area contributed by atoms with Crippen LogP contribution in [0.15, 0.2) is 30.9 Å². The third-order valence-electron chi connectivity index (χ3n) is 6.33. The number of fused-ring (bicyclic) bond motifs is 1. The van der Waals surface area contributed by atoms with Gasteiger partial charge in [-0.25, -0.2) is 4.52 Å². The van der Waals surface area contributed by atoms with Gasteiger partial charge in [-0.15, -0.1) is 11.3 Å². The zero-order valence-electron chi connectivity index (χ0n) is 21.6. The van der Waals surface area contributed by atoms with Crippen molar-refractivity contribution in [2.24, 2.45) is 12.8 Å². The maximum absolute atomic E-state index is 13.0. The maximum Gasteiger partial charge on any atom is 0.253 e. The first-order valence-electron chi connectivity index (χ1n) is 12.1. The number of anilines is 1. The van der Waals surface area contributed by atoms with Gasteiger partial charge in [0.1, 0.15) is 4.83 Å². The number of rotatable bonds is 7. The summed E-state index contributed by atoms with van der Waals surface area (Å²) < 4.78 is 9.24. The number of aliphatic hydroxyl groups excluding tert-OH is 1. The van der Waals surface area contributed by atoms with Gasteiger partial charge in [0.2, 0.25) is 5.91 Å². The number of hydrogen-bond donors (Lipinski definition) is 3. The summed E-state index contributed by atoms with van der Waals surface area (Å²) in [5, 5.41) is 21.3. The van der Waals surface area contributed by atoms with Crippen molar-refractivity contribution in [2.75, 3.05) is 31.6 Å². The molecule has 0 saturated carbocycles. The summed E-state index contributed by atoms with van der Waals surface area (Å²) in [5.41, 5.74) is 9.05. The number of morpholine rings is 1. The van der Waals surface area contributed by atoms with Crippen LogP contribution in [0.3, 0.4) is 0 Å². The number of aromatic nitrogens is 5. The fraction of sp³-hybridized carbons (Fsp3) is 0.400. The first kappa shape index (κ1) is 26.0. The standard InChI is InChI=1S/C25H30N8O4S/c1-14-18(5-16(7-27-14)30-20(35)11-32-10-17(12-34)37-25(2,3)13-32)21-22(15-6-28-31(4)9-15)38-24-19(23(26)36)8-29-33(21)24/h5-9,17,34H,10-13H2,1-4H3,(H2,26,36)(H,30,35). The van der Waals surface area contributed by atoms with E-state index in [-0.39, 0.29) is 25.2 Å². The van der Waals surface area contributed by atoms with E-state index in [1.54, 1.807) is 21.6 Å². The monoisotopic (exact) mass is 538 g/mol. The van der Waals surface area contributed by atoms with Crippen LogP contribution in [0.25, 0.3) is 26.5 Å². The highest BCUT2D eigenvalue weighted by molar-refractivity contribution is 7.21. The van der Waals surface area contributed by atoms with E-state index in [1.807, 2.05) is 45.0 Å². The number of nitrogens with one attached hydrogen (secondary N) is 1. The van der Waals surface area contributed by atoms with Crippen LogP contribution < -0.4 is 11.1 Å². The summed E-state index contributed by atoms with van der Waals surface area (Å²) in [4.78, 5) is 33.0. The number of thiazole rings is 1. The number of ether oxygens (including phenoxy) is 1. The molecule has 1 aliphatic rings. The lowest BCUT2D eigenvalue weighted by molar-refractivity contribution is -0.151. The van der Waals surface area contributed by atoms with Crippen molar-refractivity contribution in [2.45, 2.75) is 32.5 Å². The van der Waals surface area contributed by atoms with Crippen LogP contribution >= 0.6 is 11.3 Å². The summed E-state index contributed by atoms with van der Waals surface area (Å²) >= 11 is 1.39. The van der Waals surface area contributed by atoms with Crippen molar-refractivity contribution in [3.8, 4) is 21.7 Å². The van der Waals surface area contributed by atoms with E-state index in [0.29, 0.717) is 29.2 Å². The number of aliphatic hydroxyl groups is 1. The van der Waals surface area contributed by atoms with Crippen molar-refractivity contribution in [1.82, 2.24) is 29.3 Å². The van der Waals surface area contributed by atoms with Crippen molar-refractivity contribution < 1.29 is 19.4 Å². The number of aryl methyl sites for hydroxylation is 2. The summed E-state index contributed by atoms with van der Waals surface area (Å²) in [5.74, 6) is -0.759. The van der Waals surface area contributed by atoms with E-state index in [4.69, 9.17) is 10.5 Å². The number of nitrogens with two attached hydrogens (primary N) is 1. The lowest BCUT2D eigenvalue weighted by atomic mass is 10.1. The molecule has 0 aromatic carbocycles. The molecule has 5 rings (SSSR count). The molecule has 0 radical (unpaired) electrons. The highest BCUT2D eigenvalue weighted by atomic mass is 32.1. The van der Waals surface area contributed by atoms with Gasteiger partial charge in [-0.2, -0.15) is 10.2 Å². The second-order valence-electron chi connectivity index (χ2n) is 10.1. The third-order valence-corrected chi connectivity index (χ3v) is 7.55. The Morgan fingerprint density at radius 1 is 1.29 bits per heavy atom. The molecule has 12 nitrogen and oxygen atoms in total. The maximum atomic E-state index is 13.0. The van der Waals surface area contributed by atoms with Crippen molar-refractivity contribution in [3.05, 3.63) is 42.1 Å². The van der Waals surface area contributed by atoms with Crippen LogP contribution in [-0.2, 0) is 16.6 Å². The Labute approximate surface area is 223 Å². The highest BCUT2D eigenvalue weighted by Crippen LogP contribution is 2.41. The predicted molar refractivity (Wildman–Crippen MR) is 143 cm³/mol. The number of hydrogen-bond acceptors (Lipinski definition) is 9. The van der Waals surface area contributed by atoms with Crippen molar-refractivity contribution >= 4 is 33.7 Å². The predicted octanol–water partition coefficient (Wildman–Crippen LogP) is 1.68. The minimum Gasteiger partial charge on any atom is -0.394 e. The topological polar surface area (TPSA) is 153 Å². The molecule has 1 saturated heterocycles. The Balaban J connectivity index is 1.48. The second-order valence-corrected chi connectivity index (χ2v) is 11.1. The quantitative estimate of drug-likeness (QED) is 0.321. The molecule has 13 heteroatoms. The SMILES string of the molecule is Cc1ncc(NC(=O)CN2CC(CO)OC(C)(C)C2)cc1-c1c(-c2cnn(C)c2)sc2c(C(N)=O)cnn12. The molecule has 4 aromatic rings. The summed E-state index contributed by atoms with van der Waals surface area (Å²) in [7, 11) is 1.83. The molecule has 0 bridgehead atoms. The van der Waals surface area contributed by atoms with Gasteiger partial charge in [0, 0.05) is 43.2 Å². The number of carbonyl (C=O) groups is 2. The Hall–Kier alpha value is -3.65. The van der Waals surface area contributed by atoms with Gasteiger partial charge in [-0.3, -0.25) is 24.2 Å². The van der Waals surface area contributed by atoms with Crippen molar-refractivity contribution in [1.29, 1.82) is 0 Å². The molecule has 1 fully saturated rings. The van der Waals surface area contributed by atoms with Crippen LogP contribution in [0.5, 0.6) is 0 Å². The van der Waals surface area contributed by atoms with Crippen LogP contribution in [-0.4, -0.2) is 84.1 Å². The zero-order valence-corrected chi connectivity index (χ0v) is 22.4. The smallest absolute Gasteiger partial charge is 0.253 e. The van der Waals surface area contributed by atoms with E-state index in [9.17, 15) is 14.7 Å². The molecule has 0 spiro atoms. The minimum atomic E-state index is -0.559. The minimum absolute atomic E-state index is 0.105. The van der Waals surface area contributed by atoms with E-state index >= 15 is 0 Å². The average molecular weight is 539 g/mol. The molecule has 2 amide bonds. The van der Waals surface area contributed by atoms with Crippen LogP contribution in [0.4, 0.5) is 5.69 Å². The Kier molecular flexibility index (Phi) is 6.77. The number of nitrogens with zero attached hydrogens (tertiary/aromatic N) is 6. The molecular formula is C25H30N8O4S. The normalized spacial score (nSPS) is 17.7. The average Bonchev–Trinajstić information content (AvgIpc) is 3.53. The Morgan fingerprint density at radius 3 is 2.76 bits per heavy atom. The molecule has 5 heterocycles. The van der Waals surface area contributed by atoms with Crippen LogP contribution in [0.2, 0.25) is 0 Å². The summed E-state index contributed by atoms with van der Waals surface area (Å²) in [6.45, 7) is 6.83. The van der Waals surface area contributed by atoms with E-state index < -0.39 is 11.5 Å². The summed E-state index contributed by atoms with van der Waals surface area (Å²) in [6.07, 6.45) is 6.36. The zero-order chi connectivity index (χ0) is 27.2. The third kappa shape index (κ3) is 5.05. The van der Waals surface area contributed by atoms with Crippen LogP contribution in [0.1, 0.15) is 29.9 Å². The molecule has 1 unspecified atom stereocenters. The first-order valence-corrected chi connectivity index (χ1v) is 12.9. The molecule has 4 N–H and O–H groups in total. The van der Waals surface area contributed by atoms with Gasteiger partial charge >= 0.3 is 0 Å². The van der Waals surface area contributed by atoms with Gasteiger partial charge in [0.25, 0.3) is 5.91 Å². The molecule has 4 aromatic heterocycles. The summed E-state index contributed by atoms with van der Waals surface area (Å²) in [6, 6.07) is 1.85. The van der Waals surface area contributed by atoms with Gasteiger partial charge in [-0.05, 0) is 26.8 Å². The lowest BCUT2D eigenvalue weighted by Crippen LogP contribution is -2.55. The van der Waals surface area contributed by atoms with Gasteiger partial charge in [-0.1, -0.05) is 0 Å². The molecule has 1 aliphatic heterocycles. The molecular weight excluding hydrogens is 508 g/mol. The fourth-order valence-corrected chi connectivity index (χ4v) is 6.05.